The lowest BCUT2D eigenvalue weighted by Gasteiger charge is -2.38. The van der Waals surface area contributed by atoms with Gasteiger partial charge in [-0.1, -0.05) is 19.1 Å². The quantitative estimate of drug-likeness (QED) is 0.364. The zero-order chi connectivity index (χ0) is 28.7. The van der Waals surface area contributed by atoms with Gasteiger partial charge in [0.2, 0.25) is 5.91 Å². The highest BCUT2D eigenvalue weighted by Gasteiger charge is 2.39. The minimum Gasteiger partial charge on any atom is -0.362 e. The van der Waals surface area contributed by atoms with Crippen molar-refractivity contribution in [3.63, 3.8) is 0 Å². The van der Waals surface area contributed by atoms with Gasteiger partial charge in [-0.25, -0.2) is 0 Å². The fourth-order valence-electron chi connectivity index (χ4n) is 5.14. The largest absolute Gasteiger partial charge is 0.416 e. The van der Waals surface area contributed by atoms with Gasteiger partial charge in [0.1, 0.15) is 0 Å². The fourth-order valence-corrected chi connectivity index (χ4v) is 6.33. The first-order chi connectivity index (χ1) is 18.2. The van der Waals surface area contributed by atoms with Gasteiger partial charge in [-0.3, -0.25) is 9.59 Å². The number of likely N-dealkylation sites (N-methyl/N-ethyl adjacent to an activating group) is 1. The van der Waals surface area contributed by atoms with Crippen molar-refractivity contribution in [1.82, 2.24) is 20.0 Å². The maximum Gasteiger partial charge on any atom is 0.416 e. The Morgan fingerprint density at radius 2 is 1.85 bits per heavy atom. The van der Waals surface area contributed by atoms with Crippen molar-refractivity contribution in [2.45, 2.75) is 52.8 Å². The summed E-state index contributed by atoms with van der Waals surface area (Å²) in [6.07, 6.45) is -3.29. The average Bonchev–Trinajstić information content (AvgIpc) is 3.31. The highest BCUT2D eigenvalue weighted by molar-refractivity contribution is 7.21. The van der Waals surface area contributed by atoms with E-state index in [-0.39, 0.29) is 17.3 Å². The van der Waals surface area contributed by atoms with Crippen LogP contribution in [0.2, 0.25) is 0 Å². The molecule has 0 aliphatic carbocycles. The van der Waals surface area contributed by atoms with Gasteiger partial charge in [-0.05, 0) is 71.0 Å². The molecule has 1 saturated heterocycles. The predicted molar refractivity (Wildman–Crippen MR) is 147 cm³/mol. The molecule has 210 valence electrons. The maximum atomic E-state index is 13.7. The average molecular weight is 562 g/mol. The van der Waals surface area contributed by atoms with Crippen molar-refractivity contribution in [3.05, 3.63) is 51.5 Å². The Balaban J connectivity index is 1.58. The van der Waals surface area contributed by atoms with Crippen molar-refractivity contribution in [2.24, 2.45) is 5.41 Å². The van der Waals surface area contributed by atoms with Gasteiger partial charge in [-0.15, -0.1) is 16.4 Å². The third-order valence-electron chi connectivity index (χ3n) is 7.56. The Kier molecular flexibility index (Phi) is 8.05. The number of piperidine rings is 1. The molecule has 0 radical (unpaired) electrons. The summed E-state index contributed by atoms with van der Waals surface area (Å²) in [5.41, 5.74) is 0.0815. The Hall–Kier alpha value is -3.05. The molecule has 0 bridgehead atoms. The molecular weight excluding hydrogens is 527 g/mol. The van der Waals surface area contributed by atoms with E-state index in [9.17, 15) is 22.8 Å². The van der Waals surface area contributed by atoms with E-state index in [4.69, 9.17) is 0 Å². The number of hydrogen-bond donors (Lipinski definition) is 1. The molecule has 1 N–H and O–H groups in total. The van der Waals surface area contributed by atoms with Crippen LogP contribution in [-0.4, -0.2) is 65.4 Å². The van der Waals surface area contributed by atoms with E-state index in [1.807, 2.05) is 43.8 Å². The Labute approximate surface area is 230 Å². The molecule has 4 rings (SSSR count). The number of fused-ring (bicyclic) bond motifs is 1. The molecule has 3 heterocycles. The number of aromatic nitrogens is 2. The van der Waals surface area contributed by atoms with Crippen LogP contribution in [0.25, 0.3) is 10.1 Å². The molecule has 1 aliphatic heterocycles. The molecule has 39 heavy (non-hydrogen) atoms. The summed E-state index contributed by atoms with van der Waals surface area (Å²) in [5.74, 6) is 0.505. The molecule has 0 saturated carbocycles. The summed E-state index contributed by atoms with van der Waals surface area (Å²) in [6, 6.07) is 5.48. The first-order valence-corrected chi connectivity index (χ1v) is 13.7. The van der Waals surface area contributed by atoms with Crippen LogP contribution >= 0.6 is 11.3 Å². The van der Waals surface area contributed by atoms with Gasteiger partial charge >= 0.3 is 6.18 Å². The van der Waals surface area contributed by atoms with Gasteiger partial charge in [0.05, 0.1) is 33.4 Å². The molecular formula is C28H34F3N5O2S. The van der Waals surface area contributed by atoms with Gasteiger partial charge < -0.3 is 15.1 Å². The summed E-state index contributed by atoms with van der Waals surface area (Å²) in [6.45, 7) is 8.42. The lowest BCUT2D eigenvalue weighted by molar-refractivity contribution is -0.138. The topological polar surface area (TPSA) is 78.4 Å². The summed E-state index contributed by atoms with van der Waals surface area (Å²) in [5, 5.41) is 12.5. The molecule has 1 aliphatic rings. The van der Waals surface area contributed by atoms with Gasteiger partial charge in [0.25, 0.3) is 0 Å². The third-order valence-corrected chi connectivity index (χ3v) is 8.80. The van der Waals surface area contributed by atoms with E-state index in [0.717, 1.165) is 16.2 Å². The highest BCUT2D eigenvalue weighted by atomic mass is 32.1. The number of likely N-dealkylation sites (tertiary alicyclic amines) is 1. The number of Topliss-reactive ketones (excluding diaryl/α,β-unsaturated/α-hetero) is 1. The summed E-state index contributed by atoms with van der Waals surface area (Å²) >= 11 is 1.36. The summed E-state index contributed by atoms with van der Waals surface area (Å²) in [7, 11) is 3.71. The molecule has 1 atom stereocenters. The zero-order valence-electron chi connectivity index (χ0n) is 23.1. The second-order valence-corrected chi connectivity index (χ2v) is 11.9. The van der Waals surface area contributed by atoms with Crippen molar-refractivity contribution < 1.29 is 22.8 Å². The van der Waals surface area contributed by atoms with Gasteiger partial charge in [0.15, 0.2) is 11.6 Å². The smallest absolute Gasteiger partial charge is 0.362 e. The minimum atomic E-state index is -4.44. The second kappa shape index (κ2) is 10.8. The highest BCUT2D eigenvalue weighted by Crippen LogP contribution is 2.41. The first kappa shape index (κ1) is 28.9. The maximum absolute atomic E-state index is 13.7. The summed E-state index contributed by atoms with van der Waals surface area (Å²) < 4.78 is 41.2. The SMILES string of the molecule is Cc1c([C@@H](C)Nc2nnc(C)c3sc(C(=O)C4(C)CCN(C(=O)CN(C)C)CC4)cc23)cccc1C(F)(F)F. The molecule has 0 spiro atoms. The molecule has 3 aromatic rings. The number of amides is 1. The van der Waals surface area contributed by atoms with Crippen molar-refractivity contribution >= 4 is 38.9 Å². The molecule has 1 fully saturated rings. The molecule has 7 nitrogen and oxygen atoms in total. The molecule has 0 unspecified atom stereocenters. The lowest BCUT2D eigenvalue weighted by Crippen LogP contribution is -2.47. The second-order valence-electron chi connectivity index (χ2n) is 10.9. The van der Waals surface area contributed by atoms with Crippen LogP contribution in [-0.2, 0) is 11.0 Å². The van der Waals surface area contributed by atoms with Crippen LogP contribution in [0.1, 0.15) is 64.8 Å². The number of carbonyl (C=O) groups excluding carboxylic acids is 2. The lowest BCUT2D eigenvalue weighted by atomic mass is 9.76. The van der Waals surface area contributed by atoms with Crippen LogP contribution in [0.4, 0.5) is 19.0 Å². The number of carbonyl (C=O) groups is 2. The van der Waals surface area contributed by atoms with E-state index in [1.165, 1.54) is 24.3 Å². The third kappa shape index (κ3) is 5.94. The zero-order valence-corrected chi connectivity index (χ0v) is 23.9. The number of halogens is 3. The van der Waals surface area contributed by atoms with Gasteiger partial charge in [0, 0.05) is 23.9 Å². The van der Waals surface area contributed by atoms with E-state index >= 15 is 0 Å². The number of hydrogen-bond acceptors (Lipinski definition) is 7. The van der Waals surface area contributed by atoms with E-state index in [1.54, 1.807) is 13.0 Å². The Bertz CT molecular complexity index is 1390. The fraction of sp³-hybridized carbons (Fsp3) is 0.500. The number of ketones is 1. The Morgan fingerprint density at radius 3 is 2.46 bits per heavy atom. The van der Waals surface area contributed by atoms with Gasteiger partial charge in [-0.2, -0.15) is 18.3 Å². The monoisotopic (exact) mass is 561 g/mol. The normalized spacial score (nSPS) is 16.5. The van der Waals surface area contributed by atoms with Crippen LogP contribution in [0.5, 0.6) is 0 Å². The number of aryl methyl sites for hydroxylation is 1. The number of nitrogens with one attached hydrogen (secondary N) is 1. The van der Waals surface area contributed by atoms with Crippen molar-refractivity contribution in [2.75, 3.05) is 39.0 Å². The van der Waals surface area contributed by atoms with E-state index in [2.05, 4.69) is 15.5 Å². The molecule has 1 aromatic carbocycles. The number of nitrogens with zero attached hydrogens (tertiary/aromatic N) is 4. The molecule has 1 amide bonds. The molecule has 2 aromatic heterocycles. The first-order valence-electron chi connectivity index (χ1n) is 12.9. The number of benzene rings is 1. The number of thiophene rings is 1. The summed E-state index contributed by atoms with van der Waals surface area (Å²) in [4.78, 5) is 30.4. The van der Waals surface area contributed by atoms with Crippen LogP contribution in [0, 0.1) is 19.3 Å². The molecule has 11 heteroatoms. The van der Waals surface area contributed by atoms with Crippen LogP contribution in [0.3, 0.4) is 0 Å². The van der Waals surface area contributed by atoms with Crippen LogP contribution in [0.15, 0.2) is 24.3 Å². The van der Waals surface area contributed by atoms with Crippen molar-refractivity contribution in [3.8, 4) is 0 Å². The number of anilines is 1. The van der Waals surface area contributed by atoms with Crippen LogP contribution < -0.4 is 5.32 Å². The minimum absolute atomic E-state index is 0.0236. The number of alkyl halides is 3. The number of rotatable bonds is 7. The standard InChI is InChI=1S/C28H34F3N5O2S/c1-16-19(8-7-9-21(16)28(29,30)31)17(2)32-26-20-14-22(39-24(20)18(3)33-34-26)25(38)27(4)10-12-36(13-11-27)23(37)15-35(5)6/h7-9,14,17H,10-13,15H2,1-6H3,(H,32,34)/t17-/m1/s1. The van der Waals surface area contributed by atoms with Crippen molar-refractivity contribution in [1.29, 1.82) is 0 Å². The van der Waals surface area contributed by atoms with E-state index < -0.39 is 23.2 Å². The van der Waals surface area contributed by atoms with E-state index in [0.29, 0.717) is 54.4 Å². The predicted octanol–water partition coefficient (Wildman–Crippen LogP) is 5.87. The Morgan fingerprint density at radius 1 is 1.18 bits per heavy atom.